The lowest BCUT2D eigenvalue weighted by atomic mass is 10.1. The Hall–Kier alpha value is -0.170. The summed E-state index contributed by atoms with van der Waals surface area (Å²) in [6, 6.07) is 8.83. The highest BCUT2D eigenvalue weighted by Gasteiger charge is 2.22. The highest BCUT2D eigenvalue weighted by Crippen LogP contribution is 2.13. The van der Waals surface area contributed by atoms with Crippen LogP contribution in [-0.2, 0) is 15.9 Å². The molecule has 20 heavy (non-hydrogen) atoms. The topological polar surface area (TPSA) is 30.5 Å². The van der Waals surface area contributed by atoms with Gasteiger partial charge in [0.1, 0.15) is 0 Å². The van der Waals surface area contributed by atoms with Gasteiger partial charge >= 0.3 is 0 Å². The third-order valence-corrected chi connectivity index (χ3v) is 3.73. The van der Waals surface area contributed by atoms with Crippen LogP contribution in [0.3, 0.4) is 0 Å². The molecule has 0 amide bonds. The summed E-state index contributed by atoms with van der Waals surface area (Å²) in [5.41, 5.74) is 1.31. The Morgan fingerprint density at radius 1 is 1.05 bits per heavy atom. The number of hydrogen-bond donors (Lipinski definition) is 1. The van der Waals surface area contributed by atoms with Crippen LogP contribution >= 0.6 is 22.6 Å². The van der Waals surface area contributed by atoms with Gasteiger partial charge in [0, 0.05) is 16.8 Å². The average molecular weight is 391 g/mol. The van der Waals surface area contributed by atoms with Crippen LogP contribution in [0, 0.1) is 3.57 Å². The molecule has 114 valence electrons. The van der Waals surface area contributed by atoms with Gasteiger partial charge in [-0.25, -0.2) is 0 Å². The van der Waals surface area contributed by atoms with Crippen molar-refractivity contribution in [3.63, 3.8) is 0 Å². The second-order valence-corrected chi connectivity index (χ2v) is 5.92. The van der Waals surface area contributed by atoms with Crippen molar-refractivity contribution in [1.82, 2.24) is 5.32 Å². The fourth-order valence-electron chi connectivity index (χ4n) is 2.08. The predicted octanol–water partition coefficient (Wildman–Crippen LogP) is 3.60. The van der Waals surface area contributed by atoms with E-state index in [0.717, 1.165) is 19.4 Å². The van der Waals surface area contributed by atoms with Gasteiger partial charge in [-0.05, 0) is 73.5 Å². The van der Waals surface area contributed by atoms with E-state index in [4.69, 9.17) is 9.47 Å². The number of hydrogen-bond acceptors (Lipinski definition) is 3. The van der Waals surface area contributed by atoms with E-state index in [-0.39, 0.29) is 12.3 Å². The van der Waals surface area contributed by atoms with Crippen LogP contribution in [0.1, 0.15) is 32.8 Å². The summed E-state index contributed by atoms with van der Waals surface area (Å²) in [4.78, 5) is 0. The van der Waals surface area contributed by atoms with Gasteiger partial charge in [0.05, 0.1) is 6.04 Å². The molecule has 0 saturated heterocycles. The average Bonchev–Trinajstić information content (AvgIpc) is 2.45. The standard InChI is InChI=1S/C16H26INO2/c1-4-11-18-15(16(19-5-2)20-6-3)12-13-7-9-14(17)10-8-13/h7-10,15-16,18H,4-6,11-12H2,1-3H3. The van der Waals surface area contributed by atoms with E-state index < -0.39 is 0 Å². The van der Waals surface area contributed by atoms with E-state index in [1.165, 1.54) is 9.13 Å². The second-order valence-electron chi connectivity index (χ2n) is 4.67. The molecule has 0 fully saturated rings. The zero-order chi connectivity index (χ0) is 14.8. The number of benzene rings is 1. The smallest absolute Gasteiger partial charge is 0.172 e. The van der Waals surface area contributed by atoms with E-state index in [9.17, 15) is 0 Å². The molecule has 1 aromatic rings. The number of rotatable bonds is 10. The molecule has 1 N–H and O–H groups in total. The van der Waals surface area contributed by atoms with Crippen molar-refractivity contribution in [2.24, 2.45) is 0 Å². The lowest BCUT2D eigenvalue weighted by Crippen LogP contribution is -2.45. The SMILES string of the molecule is CCCNC(Cc1ccc(I)cc1)C(OCC)OCC. The Kier molecular flexibility index (Phi) is 9.42. The van der Waals surface area contributed by atoms with Crippen LogP contribution in [0.15, 0.2) is 24.3 Å². The quantitative estimate of drug-likeness (QED) is 0.489. The van der Waals surface area contributed by atoms with Crippen molar-refractivity contribution >= 4 is 22.6 Å². The summed E-state index contributed by atoms with van der Waals surface area (Å²) < 4.78 is 12.8. The maximum Gasteiger partial charge on any atom is 0.172 e. The first-order valence-corrected chi connectivity index (χ1v) is 8.50. The lowest BCUT2D eigenvalue weighted by Gasteiger charge is -2.28. The molecule has 0 heterocycles. The van der Waals surface area contributed by atoms with Crippen LogP contribution in [-0.4, -0.2) is 32.1 Å². The molecular weight excluding hydrogens is 365 g/mol. The summed E-state index contributed by atoms with van der Waals surface area (Å²) in [5, 5.41) is 3.55. The fraction of sp³-hybridized carbons (Fsp3) is 0.625. The first-order valence-electron chi connectivity index (χ1n) is 7.42. The van der Waals surface area contributed by atoms with Crippen molar-refractivity contribution in [2.45, 2.75) is 45.9 Å². The molecule has 0 aliphatic carbocycles. The zero-order valence-corrected chi connectivity index (χ0v) is 14.9. The third-order valence-electron chi connectivity index (χ3n) is 3.02. The van der Waals surface area contributed by atoms with Crippen molar-refractivity contribution < 1.29 is 9.47 Å². The van der Waals surface area contributed by atoms with Crippen LogP contribution in [0.5, 0.6) is 0 Å². The van der Waals surface area contributed by atoms with Gasteiger partial charge in [0.15, 0.2) is 6.29 Å². The molecule has 0 bridgehead atoms. The third kappa shape index (κ3) is 6.52. The summed E-state index contributed by atoms with van der Waals surface area (Å²) in [6.45, 7) is 8.50. The van der Waals surface area contributed by atoms with Gasteiger partial charge in [-0.15, -0.1) is 0 Å². The van der Waals surface area contributed by atoms with Crippen molar-refractivity contribution in [1.29, 1.82) is 0 Å². The van der Waals surface area contributed by atoms with Gasteiger partial charge in [-0.3, -0.25) is 0 Å². The molecule has 0 aliphatic rings. The highest BCUT2D eigenvalue weighted by atomic mass is 127. The first-order chi connectivity index (χ1) is 9.71. The van der Waals surface area contributed by atoms with Crippen molar-refractivity contribution in [3.8, 4) is 0 Å². The van der Waals surface area contributed by atoms with E-state index >= 15 is 0 Å². The van der Waals surface area contributed by atoms with Crippen molar-refractivity contribution in [2.75, 3.05) is 19.8 Å². The van der Waals surface area contributed by atoms with Gasteiger partial charge < -0.3 is 14.8 Å². The first kappa shape index (κ1) is 17.9. The molecule has 1 unspecified atom stereocenters. The minimum Gasteiger partial charge on any atom is -0.351 e. The normalized spacial score (nSPS) is 12.8. The van der Waals surface area contributed by atoms with Crippen LogP contribution in [0.4, 0.5) is 0 Å². The van der Waals surface area contributed by atoms with E-state index in [0.29, 0.717) is 13.2 Å². The highest BCUT2D eigenvalue weighted by molar-refractivity contribution is 14.1. The Morgan fingerprint density at radius 2 is 1.65 bits per heavy atom. The molecule has 0 aliphatic heterocycles. The molecule has 3 nitrogen and oxygen atoms in total. The molecule has 1 atom stereocenters. The molecule has 0 saturated carbocycles. The number of nitrogens with one attached hydrogen (secondary N) is 1. The monoisotopic (exact) mass is 391 g/mol. The molecule has 0 spiro atoms. The Labute approximate surface area is 136 Å². The molecule has 1 rings (SSSR count). The Balaban J connectivity index is 2.72. The van der Waals surface area contributed by atoms with Crippen LogP contribution in [0.2, 0.25) is 0 Å². The summed E-state index contributed by atoms with van der Waals surface area (Å²) in [6.07, 6.45) is 1.84. The van der Waals surface area contributed by atoms with Gasteiger partial charge in [0.25, 0.3) is 0 Å². The van der Waals surface area contributed by atoms with Gasteiger partial charge in [-0.1, -0.05) is 19.1 Å². The largest absolute Gasteiger partial charge is 0.351 e. The minimum absolute atomic E-state index is 0.184. The summed E-state index contributed by atoms with van der Waals surface area (Å²) in [7, 11) is 0. The zero-order valence-electron chi connectivity index (χ0n) is 12.7. The predicted molar refractivity (Wildman–Crippen MR) is 92.0 cm³/mol. The van der Waals surface area contributed by atoms with Crippen LogP contribution < -0.4 is 5.32 Å². The number of halogens is 1. The Bertz CT molecular complexity index is 350. The molecule has 1 aromatic carbocycles. The Morgan fingerprint density at radius 3 is 2.15 bits per heavy atom. The lowest BCUT2D eigenvalue weighted by molar-refractivity contribution is -0.153. The van der Waals surface area contributed by atoms with Crippen molar-refractivity contribution in [3.05, 3.63) is 33.4 Å². The minimum atomic E-state index is -0.184. The van der Waals surface area contributed by atoms with Crippen LogP contribution in [0.25, 0.3) is 0 Å². The maximum atomic E-state index is 5.75. The fourth-order valence-corrected chi connectivity index (χ4v) is 2.44. The summed E-state index contributed by atoms with van der Waals surface area (Å²) in [5.74, 6) is 0. The molecular formula is C16H26INO2. The molecule has 4 heteroatoms. The molecule has 0 aromatic heterocycles. The second kappa shape index (κ2) is 10.5. The van der Waals surface area contributed by atoms with E-state index in [1.54, 1.807) is 0 Å². The number of ether oxygens (including phenoxy) is 2. The molecule has 0 radical (unpaired) electrons. The summed E-state index contributed by atoms with van der Waals surface area (Å²) >= 11 is 2.33. The maximum absolute atomic E-state index is 5.75. The van der Waals surface area contributed by atoms with Gasteiger partial charge in [0.2, 0.25) is 0 Å². The van der Waals surface area contributed by atoms with Gasteiger partial charge in [-0.2, -0.15) is 0 Å². The van der Waals surface area contributed by atoms with E-state index in [1.807, 2.05) is 13.8 Å². The van der Waals surface area contributed by atoms with E-state index in [2.05, 4.69) is 59.1 Å².